The number of carbonyl (C=O) groups excluding carboxylic acids is 1. The first-order valence-corrected chi connectivity index (χ1v) is 9.37. The number of carbonyl (C=O) groups is 1. The highest BCUT2D eigenvalue weighted by molar-refractivity contribution is 7.91. The van der Waals surface area contributed by atoms with Crippen LogP contribution in [0.1, 0.15) is 19.4 Å². The average Bonchev–Trinajstić information content (AvgIpc) is 2.90. The molecule has 0 unspecified atom stereocenters. The normalized spacial score (nSPS) is 26.3. The van der Waals surface area contributed by atoms with Crippen LogP contribution in [0.25, 0.3) is 0 Å². The smallest absolute Gasteiger partial charge is 0.232 e. The van der Waals surface area contributed by atoms with Crippen molar-refractivity contribution in [2.45, 2.75) is 19.3 Å². The fourth-order valence-corrected chi connectivity index (χ4v) is 5.91. The summed E-state index contributed by atoms with van der Waals surface area (Å²) in [5.41, 5.74) is -0.983. The van der Waals surface area contributed by atoms with Crippen LogP contribution in [0.3, 0.4) is 0 Å². The molecule has 0 saturated carbocycles. The molecular formula is C16H19F2NO3S. The molecule has 0 spiro atoms. The molecule has 0 N–H and O–H groups in total. The fourth-order valence-electron chi connectivity index (χ4n) is 3.71. The van der Waals surface area contributed by atoms with Gasteiger partial charge in [0.1, 0.15) is 11.6 Å². The minimum absolute atomic E-state index is 0.0298. The Hall–Kier alpha value is -1.50. The molecule has 2 atom stereocenters. The maximum Gasteiger partial charge on any atom is 0.232 e. The number of hydrogen-bond donors (Lipinski definition) is 0. The first-order chi connectivity index (χ1) is 10.6. The lowest BCUT2D eigenvalue weighted by Crippen LogP contribution is -2.43. The molecule has 0 radical (unpaired) electrons. The van der Waals surface area contributed by atoms with E-state index < -0.39 is 26.9 Å². The average molecular weight is 343 g/mol. The molecule has 2 aliphatic rings. The first-order valence-electron chi connectivity index (χ1n) is 7.55. The highest BCUT2D eigenvalue weighted by Gasteiger charge is 2.47. The molecule has 1 aromatic rings. The molecule has 2 saturated heterocycles. The molecule has 126 valence electrons. The Morgan fingerprint density at radius 3 is 2.26 bits per heavy atom. The third kappa shape index (κ3) is 2.86. The van der Waals surface area contributed by atoms with Gasteiger partial charge < -0.3 is 4.90 Å². The van der Waals surface area contributed by atoms with Crippen LogP contribution in [0.2, 0.25) is 0 Å². The predicted molar refractivity (Wildman–Crippen MR) is 81.6 cm³/mol. The number of nitrogens with zero attached hydrogens (tertiary/aromatic N) is 1. The number of halogens is 2. The van der Waals surface area contributed by atoms with Crippen molar-refractivity contribution < 1.29 is 22.0 Å². The van der Waals surface area contributed by atoms with Crippen LogP contribution in [0, 0.1) is 23.5 Å². The molecule has 1 aromatic carbocycles. The van der Waals surface area contributed by atoms with Crippen molar-refractivity contribution in [2.75, 3.05) is 24.6 Å². The van der Waals surface area contributed by atoms with Crippen molar-refractivity contribution in [3.8, 4) is 0 Å². The van der Waals surface area contributed by atoms with Crippen molar-refractivity contribution >= 4 is 15.7 Å². The maximum atomic E-state index is 14.0. The van der Waals surface area contributed by atoms with Gasteiger partial charge in [-0.2, -0.15) is 0 Å². The SMILES string of the molecule is CC(C)(C(=O)N1C[C@@H]2CS(=O)(=O)C[C@@H]2C1)c1ccc(F)cc1F. The molecule has 0 aromatic heterocycles. The lowest BCUT2D eigenvalue weighted by molar-refractivity contribution is -0.135. The molecule has 7 heteroatoms. The number of hydrogen-bond acceptors (Lipinski definition) is 3. The predicted octanol–water partition coefficient (Wildman–Crippen LogP) is 1.75. The van der Waals surface area contributed by atoms with E-state index >= 15 is 0 Å². The van der Waals surface area contributed by atoms with Crippen LogP contribution >= 0.6 is 0 Å². The van der Waals surface area contributed by atoms with E-state index in [0.29, 0.717) is 13.1 Å². The monoisotopic (exact) mass is 343 g/mol. The van der Waals surface area contributed by atoms with E-state index in [0.717, 1.165) is 12.1 Å². The quantitative estimate of drug-likeness (QED) is 0.822. The molecule has 2 aliphatic heterocycles. The number of likely N-dealkylation sites (tertiary alicyclic amines) is 1. The Balaban J connectivity index is 1.81. The zero-order chi connectivity index (χ0) is 17.0. The second-order valence-corrected chi connectivity index (χ2v) is 9.21. The number of benzene rings is 1. The van der Waals surface area contributed by atoms with Crippen LogP contribution in [0.4, 0.5) is 8.78 Å². The van der Waals surface area contributed by atoms with E-state index in [1.54, 1.807) is 18.7 Å². The van der Waals surface area contributed by atoms with Gasteiger partial charge in [-0.15, -0.1) is 0 Å². The summed E-state index contributed by atoms with van der Waals surface area (Å²) in [6.45, 7) is 3.98. The van der Waals surface area contributed by atoms with Crippen molar-refractivity contribution in [3.05, 3.63) is 35.4 Å². The molecule has 4 nitrogen and oxygen atoms in total. The van der Waals surface area contributed by atoms with E-state index in [-0.39, 0.29) is 34.8 Å². The molecule has 3 rings (SSSR count). The van der Waals surface area contributed by atoms with Crippen molar-refractivity contribution in [2.24, 2.45) is 11.8 Å². The van der Waals surface area contributed by atoms with E-state index in [1.165, 1.54) is 6.07 Å². The molecule has 23 heavy (non-hydrogen) atoms. The van der Waals surface area contributed by atoms with E-state index in [1.807, 2.05) is 0 Å². The zero-order valence-electron chi connectivity index (χ0n) is 13.1. The molecular weight excluding hydrogens is 324 g/mol. The number of amides is 1. The van der Waals surface area contributed by atoms with Gasteiger partial charge in [0, 0.05) is 24.7 Å². The standard InChI is InChI=1S/C16H19F2NO3S/c1-16(2,13-4-3-12(17)5-14(13)18)15(20)19-6-10-8-23(21,22)9-11(10)7-19/h3-5,10-11H,6-9H2,1-2H3/t10-,11+. The third-order valence-electron chi connectivity index (χ3n) is 4.94. The molecule has 0 aliphatic carbocycles. The number of rotatable bonds is 2. The van der Waals surface area contributed by atoms with Crippen LogP contribution in [-0.4, -0.2) is 43.8 Å². The Bertz CT molecular complexity index is 741. The van der Waals surface area contributed by atoms with E-state index in [2.05, 4.69) is 0 Å². The van der Waals surface area contributed by atoms with E-state index in [9.17, 15) is 22.0 Å². The summed E-state index contributed by atoms with van der Waals surface area (Å²) < 4.78 is 50.4. The zero-order valence-corrected chi connectivity index (χ0v) is 13.9. The topological polar surface area (TPSA) is 54.5 Å². The van der Waals surface area contributed by atoms with Gasteiger partial charge in [-0.1, -0.05) is 6.07 Å². The van der Waals surface area contributed by atoms with Gasteiger partial charge in [0.2, 0.25) is 5.91 Å². The Morgan fingerprint density at radius 2 is 1.74 bits per heavy atom. The largest absolute Gasteiger partial charge is 0.341 e. The summed E-state index contributed by atoms with van der Waals surface area (Å²) in [7, 11) is -2.99. The number of sulfone groups is 1. The highest BCUT2D eigenvalue weighted by atomic mass is 32.2. The van der Waals surface area contributed by atoms with Crippen molar-refractivity contribution in [1.82, 2.24) is 4.90 Å². The Morgan fingerprint density at radius 1 is 1.17 bits per heavy atom. The highest BCUT2D eigenvalue weighted by Crippen LogP contribution is 2.36. The summed E-state index contributed by atoms with van der Waals surface area (Å²) >= 11 is 0. The van der Waals surface area contributed by atoms with Crippen LogP contribution in [-0.2, 0) is 20.0 Å². The Labute approximate surface area is 134 Å². The van der Waals surface area contributed by atoms with Gasteiger partial charge in [-0.3, -0.25) is 4.79 Å². The van der Waals surface area contributed by atoms with Crippen LogP contribution in [0.5, 0.6) is 0 Å². The first kappa shape index (κ1) is 16.4. The maximum absolute atomic E-state index is 14.0. The van der Waals surface area contributed by atoms with Crippen LogP contribution in [0.15, 0.2) is 18.2 Å². The van der Waals surface area contributed by atoms with Crippen molar-refractivity contribution in [1.29, 1.82) is 0 Å². The lowest BCUT2D eigenvalue weighted by Gasteiger charge is -2.30. The van der Waals surface area contributed by atoms with Crippen molar-refractivity contribution in [3.63, 3.8) is 0 Å². The summed E-state index contributed by atoms with van der Waals surface area (Å²) in [6, 6.07) is 3.21. The minimum Gasteiger partial charge on any atom is -0.341 e. The van der Waals surface area contributed by atoms with E-state index in [4.69, 9.17) is 0 Å². The van der Waals surface area contributed by atoms with Gasteiger partial charge in [0.25, 0.3) is 0 Å². The molecule has 0 bridgehead atoms. The fraction of sp³-hybridized carbons (Fsp3) is 0.562. The van der Waals surface area contributed by atoms with Gasteiger partial charge in [0.15, 0.2) is 9.84 Å². The molecule has 2 fully saturated rings. The lowest BCUT2D eigenvalue weighted by atomic mass is 9.82. The number of fused-ring (bicyclic) bond motifs is 1. The summed E-state index contributed by atoms with van der Waals surface area (Å²) in [4.78, 5) is 14.4. The van der Waals surface area contributed by atoms with Gasteiger partial charge in [0.05, 0.1) is 16.9 Å². The Kier molecular flexibility index (Phi) is 3.74. The summed E-state index contributed by atoms with van der Waals surface area (Å²) in [5.74, 6) is -1.51. The third-order valence-corrected chi connectivity index (χ3v) is 6.81. The molecule has 1 amide bonds. The second kappa shape index (κ2) is 5.26. The van der Waals surface area contributed by atoms with Gasteiger partial charge in [-0.25, -0.2) is 17.2 Å². The second-order valence-electron chi connectivity index (χ2n) is 7.06. The minimum atomic E-state index is -2.99. The summed E-state index contributed by atoms with van der Waals surface area (Å²) in [5, 5.41) is 0. The van der Waals surface area contributed by atoms with Crippen LogP contribution < -0.4 is 0 Å². The van der Waals surface area contributed by atoms with Gasteiger partial charge >= 0.3 is 0 Å². The summed E-state index contributed by atoms with van der Waals surface area (Å²) in [6.07, 6.45) is 0. The van der Waals surface area contributed by atoms with Gasteiger partial charge in [-0.05, 0) is 31.7 Å². The molecule has 2 heterocycles.